The molecule has 23 heavy (non-hydrogen) atoms. The van der Waals surface area contributed by atoms with Crippen molar-refractivity contribution in [3.05, 3.63) is 70.9 Å². The van der Waals surface area contributed by atoms with Gasteiger partial charge in [0.1, 0.15) is 0 Å². The predicted octanol–water partition coefficient (Wildman–Crippen LogP) is 3.30. The van der Waals surface area contributed by atoms with Crippen LogP contribution in [0, 0.1) is 0 Å². The summed E-state index contributed by atoms with van der Waals surface area (Å²) in [6, 6.07) is 14.6. The number of aryl methyl sites for hydroxylation is 1. The van der Waals surface area contributed by atoms with Crippen molar-refractivity contribution in [2.75, 3.05) is 6.54 Å². The van der Waals surface area contributed by atoms with Gasteiger partial charge in [-0.1, -0.05) is 35.9 Å². The van der Waals surface area contributed by atoms with Crippen molar-refractivity contribution < 1.29 is 9.90 Å². The Bertz CT molecular complexity index is 857. The number of rotatable bonds is 4. The van der Waals surface area contributed by atoms with E-state index in [1.54, 1.807) is 30.3 Å². The molecule has 1 atom stereocenters. The Morgan fingerprint density at radius 2 is 2.00 bits per heavy atom. The molecule has 0 fully saturated rings. The van der Waals surface area contributed by atoms with Crippen LogP contribution >= 0.6 is 11.6 Å². The van der Waals surface area contributed by atoms with Gasteiger partial charge in [-0.25, -0.2) is 0 Å². The summed E-state index contributed by atoms with van der Waals surface area (Å²) in [5.74, 6) is -0.215. The van der Waals surface area contributed by atoms with Gasteiger partial charge in [-0.05, 0) is 24.3 Å². The van der Waals surface area contributed by atoms with Gasteiger partial charge in [0, 0.05) is 46.8 Å². The molecule has 2 aromatic carbocycles. The Kier molecular flexibility index (Phi) is 4.37. The van der Waals surface area contributed by atoms with E-state index in [-0.39, 0.29) is 12.5 Å². The van der Waals surface area contributed by atoms with Crippen LogP contribution in [0.25, 0.3) is 10.9 Å². The van der Waals surface area contributed by atoms with Crippen molar-refractivity contribution in [3.8, 4) is 0 Å². The number of aliphatic hydroxyl groups excluding tert-OH is 1. The maximum atomic E-state index is 12.4. The van der Waals surface area contributed by atoms with Crippen molar-refractivity contribution in [2.24, 2.45) is 7.05 Å². The summed E-state index contributed by atoms with van der Waals surface area (Å²) < 4.78 is 1.96. The summed E-state index contributed by atoms with van der Waals surface area (Å²) in [6.45, 7) is 0.103. The SMILES string of the molecule is Cn1ccc2c(C(=O)NCC(O)c3ccccc3Cl)cccc21. The molecule has 0 aliphatic rings. The number of aromatic nitrogens is 1. The molecule has 0 bridgehead atoms. The van der Waals surface area contributed by atoms with Gasteiger partial charge < -0.3 is 15.0 Å². The van der Waals surface area contributed by atoms with E-state index >= 15 is 0 Å². The monoisotopic (exact) mass is 328 g/mol. The molecule has 3 rings (SSSR count). The maximum absolute atomic E-state index is 12.4. The minimum absolute atomic E-state index is 0.103. The van der Waals surface area contributed by atoms with Gasteiger partial charge in [0.05, 0.1) is 6.10 Å². The van der Waals surface area contributed by atoms with Crippen LogP contribution in [-0.2, 0) is 7.05 Å². The van der Waals surface area contributed by atoms with E-state index < -0.39 is 6.10 Å². The number of carbonyl (C=O) groups excluding carboxylic acids is 1. The van der Waals surface area contributed by atoms with Crippen molar-refractivity contribution in [1.82, 2.24) is 9.88 Å². The second-order valence-corrected chi connectivity index (χ2v) is 5.82. The Morgan fingerprint density at radius 1 is 1.22 bits per heavy atom. The summed E-state index contributed by atoms with van der Waals surface area (Å²) in [4.78, 5) is 12.4. The average molecular weight is 329 g/mol. The number of nitrogens with one attached hydrogen (secondary N) is 1. The fraction of sp³-hybridized carbons (Fsp3) is 0.167. The molecule has 1 amide bonds. The minimum Gasteiger partial charge on any atom is -0.387 e. The van der Waals surface area contributed by atoms with Crippen molar-refractivity contribution >= 4 is 28.4 Å². The van der Waals surface area contributed by atoms with E-state index in [0.29, 0.717) is 16.1 Å². The Balaban J connectivity index is 1.75. The summed E-state index contributed by atoms with van der Waals surface area (Å²) >= 11 is 6.06. The molecule has 1 aromatic heterocycles. The minimum atomic E-state index is -0.845. The molecule has 0 radical (unpaired) electrons. The Hall–Kier alpha value is -2.30. The largest absolute Gasteiger partial charge is 0.387 e. The van der Waals surface area contributed by atoms with E-state index in [1.807, 2.05) is 36.0 Å². The predicted molar refractivity (Wildman–Crippen MR) is 91.7 cm³/mol. The second-order valence-electron chi connectivity index (χ2n) is 5.41. The van der Waals surface area contributed by atoms with E-state index in [0.717, 1.165) is 10.9 Å². The summed E-state index contributed by atoms with van der Waals surface area (Å²) in [7, 11) is 1.94. The Labute approximate surface area is 139 Å². The molecule has 0 aliphatic carbocycles. The number of nitrogens with zero attached hydrogens (tertiary/aromatic N) is 1. The normalized spacial score (nSPS) is 12.3. The molecule has 1 unspecified atom stereocenters. The molecule has 0 aliphatic heterocycles. The number of benzene rings is 2. The van der Waals surface area contributed by atoms with Crippen LogP contribution in [-0.4, -0.2) is 22.1 Å². The molecule has 4 nitrogen and oxygen atoms in total. The lowest BCUT2D eigenvalue weighted by Crippen LogP contribution is -2.28. The van der Waals surface area contributed by atoms with Crippen LogP contribution in [0.15, 0.2) is 54.7 Å². The van der Waals surface area contributed by atoms with Gasteiger partial charge in [0.15, 0.2) is 0 Å². The van der Waals surface area contributed by atoms with Gasteiger partial charge in [0.25, 0.3) is 5.91 Å². The lowest BCUT2D eigenvalue weighted by atomic mass is 10.1. The highest BCUT2D eigenvalue weighted by Gasteiger charge is 2.15. The van der Waals surface area contributed by atoms with Gasteiger partial charge >= 0.3 is 0 Å². The van der Waals surface area contributed by atoms with Gasteiger partial charge in [-0.15, -0.1) is 0 Å². The number of hydrogen-bond donors (Lipinski definition) is 2. The highest BCUT2D eigenvalue weighted by atomic mass is 35.5. The molecule has 3 aromatic rings. The molecule has 0 saturated heterocycles. The molecule has 0 saturated carbocycles. The molecule has 1 heterocycles. The number of halogens is 1. The topological polar surface area (TPSA) is 54.3 Å². The van der Waals surface area contributed by atoms with Crippen LogP contribution < -0.4 is 5.32 Å². The zero-order valence-electron chi connectivity index (χ0n) is 12.7. The first-order valence-corrected chi connectivity index (χ1v) is 7.70. The van der Waals surface area contributed by atoms with E-state index in [2.05, 4.69) is 5.32 Å². The van der Waals surface area contributed by atoms with Crippen LogP contribution in [0.3, 0.4) is 0 Å². The highest BCUT2D eigenvalue weighted by molar-refractivity contribution is 6.31. The first-order chi connectivity index (χ1) is 11.1. The first kappa shape index (κ1) is 15.6. The van der Waals surface area contributed by atoms with Gasteiger partial charge in [-0.3, -0.25) is 4.79 Å². The molecule has 2 N–H and O–H groups in total. The average Bonchev–Trinajstić information content (AvgIpc) is 2.94. The number of amides is 1. The first-order valence-electron chi connectivity index (χ1n) is 7.32. The van der Waals surface area contributed by atoms with E-state index in [1.165, 1.54) is 0 Å². The molecular formula is C18H17ClN2O2. The number of carbonyl (C=O) groups is 1. The van der Waals surface area contributed by atoms with Crippen molar-refractivity contribution in [1.29, 1.82) is 0 Å². The van der Waals surface area contributed by atoms with Crippen molar-refractivity contribution in [2.45, 2.75) is 6.10 Å². The van der Waals surface area contributed by atoms with E-state index in [4.69, 9.17) is 11.6 Å². The van der Waals surface area contributed by atoms with Gasteiger partial charge in [-0.2, -0.15) is 0 Å². The summed E-state index contributed by atoms with van der Waals surface area (Å²) in [5.41, 5.74) is 2.19. The summed E-state index contributed by atoms with van der Waals surface area (Å²) in [6.07, 6.45) is 1.07. The fourth-order valence-corrected chi connectivity index (χ4v) is 2.90. The third kappa shape index (κ3) is 3.09. The Morgan fingerprint density at radius 3 is 2.78 bits per heavy atom. The number of aliphatic hydroxyl groups is 1. The third-order valence-electron chi connectivity index (χ3n) is 3.89. The molecule has 118 valence electrons. The van der Waals surface area contributed by atoms with Crippen LogP contribution in [0.4, 0.5) is 0 Å². The third-order valence-corrected chi connectivity index (χ3v) is 4.24. The zero-order chi connectivity index (χ0) is 16.4. The standard InChI is InChI=1S/C18H17ClN2O2/c1-21-10-9-12-13(6-4-8-16(12)21)18(23)20-11-17(22)14-5-2-3-7-15(14)19/h2-10,17,22H,11H2,1H3,(H,20,23). The van der Waals surface area contributed by atoms with Gasteiger partial charge in [0.2, 0.25) is 0 Å². The zero-order valence-corrected chi connectivity index (χ0v) is 13.4. The number of fused-ring (bicyclic) bond motifs is 1. The fourth-order valence-electron chi connectivity index (χ4n) is 2.64. The lowest BCUT2D eigenvalue weighted by molar-refractivity contribution is 0.0918. The second kappa shape index (κ2) is 6.44. The quantitative estimate of drug-likeness (QED) is 0.772. The highest BCUT2D eigenvalue weighted by Crippen LogP contribution is 2.23. The molecular weight excluding hydrogens is 312 g/mol. The lowest BCUT2D eigenvalue weighted by Gasteiger charge is -2.14. The smallest absolute Gasteiger partial charge is 0.252 e. The van der Waals surface area contributed by atoms with Crippen molar-refractivity contribution in [3.63, 3.8) is 0 Å². The van der Waals surface area contributed by atoms with Crippen LogP contribution in [0.5, 0.6) is 0 Å². The number of hydrogen-bond acceptors (Lipinski definition) is 2. The van der Waals surface area contributed by atoms with Crippen LogP contribution in [0.1, 0.15) is 22.0 Å². The molecule has 5 heteroatoms. The van der Waals surface area contributed by atoms with E-state index in [9.17, 15) is 9.90 Å². The maximum Gasteiger partial charge on any atom is 0.252 e. The van der Waals surface area contributed by atoms with Crippen LogP contribution in [0.2, 0.25) is 5.02 Å². The molecule has 0 spiro atoms. The summed E-state index contributed by atoms with van der Waals surface area (Å²) in [5, 5.41) is 14.4.